The number of aliphatic imine (C=N–C) groups is 1. The third-order valence-corrected chi connectivity index (χ3v) is 2.85. The van der Waals surface area contributed by atoms with Gasteiger partial charge < -0.3 is 19.9 Å². The average Bonchev–Trinajstić information content (AvgIpc) is 2.45. The number of rotatable bonds is 6. The summed E-state index contributed by atoms with van der Waals surface area (Å²) in [5.74, 6) is 1.46. The molecule has 0 fully saturated rings. The molecule has 6 nitrogen and oxygen atoms in total. The number of carbonyl (C=O) groups is 1. The topological polar surface area (TPSA) is 57.2 Å². The van der Waals surface area contributed by atoms with Crippen LogP contribution in [0.2, 0.25) is 0 Å². The number of nitrogens with one attached hydrogen (secondary N) is 1. The van der Waals surface area contributed by atoms with Gasteiger partial charge >= 0.3 is 0 Å². The van der Waals surface area contributed by atoms with Gasteiger partial charge in [0.25, 0.3) is 5.91 Å². The predicted octanol–water partition coefficient (Wildman–Crippen LogP) is 1.18. The number of guanidine groups is 1. The molecule has 1 N–H and O–H groups in total. The fourth-order valence-electron chi connectivity index (χ4n) is 1.98. The molecule has 0 unspecified atom stereocenters. The molecule has 1 aromatic rings. The molecule has 0 aliphatic heterocycles. The first-order chi connectivity index (χ1) is 10.4. The number of amides is 1. The fraction of sp³-hybridized carbons (Fsp3) is 0.500. The van der Waals surface area contributed by atoms with Crippen LogP contribution in [0.15, 0.2) is 29.3 Å². The molecule has 0 bridgehead atoms. The molecule has 22 heavy (non-hydrogen) atoms. The van der Waals surface area contributed by atoms with Crippen molar-refractivity contribution in [1.82, 2.24) is 15.1 Å². The van der Waals surface area contributed by atoms with Crippen molar-refractivity contribution in [3.63, 3.8) is 0 Å². The zero-order valence-corrected chi connectivity index (χ0v) is 14.1. The van der Waals surface area contributed by atoms with Crippen LogP contribution in [-0.2, 0) is 11.3 Å². The third kappa shape index (κ3) is 6.03. The summed E-state index contributed by atoms with van der Waals surface area (Å²) in [5, 5.41) is 2.70. The van der Waals surface area contributed by atoms with Crippen LogP contribution in [0.1, 0.15) is 12.5 Å². The van der Waals surface area contributed by atoms with E-state index in [1.165, 1.54) is 0 Å². The number of carbonyl (C=O) groups excluding carboxylic acids is 1. The predicted molar refractivity (Wildman–Crippen MR) is 89.1 cm³/mol. The van der Waals surface area contributed by atoms with Gasteiger partial charge in [-0.25, -0.2) is 4.99 Å². The van der Waals surface area contributed by atoms with Crippen molar-refractivity contribution < 1.29 is 9.53 Å². The third-order valence-electron chi connectivity index (χ3n) is 2.85. The number of benzene rings is 1. The highest BCUT2D eigenvalue weighted by atomic mass is 16.5. The zero-order chi connectivity index (χ0) is 16.5. The number of hydrogen-bond acceptors (Lipinski definition) is 3. The van der Waals surface area contributed by atoms with E-state index in [4.69, 9.17) is 4.74 Å². The number of ether oxygens (including phenoxy) is 1. The van der Waals surface area contributed by atoms with Crippen LogP contribution < -0.4 is 10.1 Å². The summed E-state index contributed by atoms with van der Waals surface area (Å²) in [6, 6.07) is 7.64. The summed E-state index contributed by atoms with van der Waals surface area (Å²) >= 11 is 0. The number of likely N-dealkylation sites (N-methyl/N-ethyl adjacent to an activating group) is 1. The van der Waals surface area contributed by atoms with Crippen molar-refractivity contribution in [2.75, 3.05) is 41.3 Å². The van der Waals surface area contributed by atoms with Gasteiger partial charge in [-0.15, -0.1) is 0 Å². The van der Waals surface area contributed by atoms with Gasteiger partial charge in [-0.2, -0.15) is 0 Å². The maximum Gasteiger partial charge on any atom is 0.257 e. The van der Waals surface area contributed by atoms with Gasteiger partial charge in [0, 0.05) is 34.7 Å². The summed E-state index contributed by atoms with van der Waals surface area (Å²) in [6.45, 7) is 3.07. The Kier molecular flexibility index (Phi) is 7.22. The van der Waals surface area contributed by atoms with Gasteiger partial charge in [-0.1, -0.05) is 12.1 Å². The van der Waals surface area contributed by atoms with E-state index in [0.29, 0.717) is 18.8 Å². The molecule has 0 aliphatic rings. The molecule has 1 amide bonds. The molecular weight excluding hydrogens is 280 g/mol. The van der Waals surface area contributed by atoms with Crippen LogP contribution in [0.25, 0.3) is 0 Å². The van der Waals surface area contributed by atoms with E-state index >= 15 is 0 Å². The minimum atomic E-state index is -0.117. The fourth-order valence-corrected chi connectivity index (χ4v) is 1.98. The van der Waals surface area contributed by atoms with Crippen LogP contribution in [0.4, 0.5) is 0 Å². The van der Waals surface area contributed by atoms with Crippen molar-refractivity contribution in [2.45, 2.75) is 13.5 Å². The largest absolute Gasteiger partial charge is 0.484 e. The lowest BCUT2D eigenvalue weighted by molar-refractivity contribution is -0.122. The lowest BCUT2D eigenvalue weighted by Gasteiger charge is -2.22. The Morgan fingerprint density at radius 3 is 2.50 bits per heavy atom. The van der Waals surface area contributed by atoms with E-state index in [9.17, 15) is 4.79 Å². The quantitative estimate of drug-likeness (QED) is 0.633. The minimum Gasteiger partial charge on any atom is -0.484 e. The summed E-state index contributed by atoms with van der Waals surface area (Å²) in [4.78, 5) is 19.9. The highest BCUT2D eigenvalue weighted by Crippen LogP contribution is 2.14. The lowest BCUT2D eigenvalue weighted by Crippen LogP contribution is -2.35. The molecule has 0 aromatic heterocycles. The van der Waals surface area contributed by atoms with Gasteiger partial charge in [0.15, 0.2) is 12.6 Å². The zero-order valence-electron chi connectivity index (χ0n) is 14.1. The van der Waals surface area contributed by atoms with Crippen molar-refractivity contribution in [1.29, 1.82) is 0 Å². The van der Waals surface area contributed by atoms with E-state index in [1.54, 1.807) is 0 Å². The molecule has 1 aromatic carbocycles. The van der Waals surface area contributed by atoms with Crippen LogP contribution in [0.5, 0.6) is 5.75 Å². The molecule has 0 radical (unpaired) electrons. The summed E-state index contributed by atoms with van der Waals surface area (Å²) in [7, 11) is 7.85. The van der Waals surface area contributed by atoms with Crippen molar-refractivity contribution in [3.05, 3.63) is 29.8 Å². The van der Waals surface area contributed by atoms with Gasteiger partial charge in [0.05, 0.1) is 6.54 Å². The maximum atomic E-state index is 11.4. The first kappa shape index (κ1) is 17.8. The molecular formula is C16H26N4O2. The van der Waals surface area contributed by atoms with Crippen LogP contribution in [0, 0.1) is 0 Å². The van der Waals surface area contributed by atoms with Gasteiger partial charge in [0.1, 0.15) is 5.75 Å². The van der Waals surface area contributed by atoms with Gasteiger partial charge in [-0.3, -0.25) is 4.79 Å². The molecule has 0 aliphatic carbocycles. The Bertz CT molecular complexity index is 503. The van der Waals surface area contributed by atoms with Gasteiger partial charge in [0.2, 0.25) is 0 Å². The van der Waals surface area contributed by atoms with Crippen LogP contribution >= 0.6 is 0 Å². The van der Waals surface area contributed by atoms with Crippen molar-refractivity contribution in [2.24, 2.45) is 4.99 Å². The summed E-state index contributed by atoms with van der Waals surface area (Å²) in [5.41, 5.74) is 1.04. The van der Waals surface area contributed by atoms with Crippen LogP contribution in [-0.4, -0.2) is 63.0 Å². The Morgan fingerprint density at radius 2 is 1.91 bits per heavy atom. The SMILES string of the molecule is CCNC(=O)COc1cccc(CN=C(N(C)C)N(C)C)c1. The number of hydrogen-bond donors (Lipinski definition) is 1. The van der Waals surface area contributed by atoms with Crippen LogP contribution in [0.3, 0.4) is 0 Å². The molecule has 0 saturated carbocycles. The average molecular weight is 306 g/mol. The second kappa shape index (κ2) is 8.92. The van der Waals surface area contributed by atoms with Crippen molar-refractivity contribution in [3.8, 4) is 5.75 Å². The molecule has 0 heterocycles. The highest BCUT2D eigenvalue weighted by Gasteiger charge is 2.05. The Balaban J connectivity index is 2.68. The molecule has 0 spiro atoms. The molecule has 122 valence electrons. The Morgan fingerprint density at radius 1 is 1.23 bits per heavy atom. The molecule has 6 heteroatoms. The number of nitrogens with zero attached hydrogens (tertiary/aromatic N) is 3. The lowest BCUT2D eigenvalue weighted by atomic mass is 10.2. The van der Waals surface area contributed by atoms with E-state index in [0.717, 1.165) is 11.5 Å². The second-order valence-corrected chi connectivity index (χ2v) is 5.29. The van der Waals surface area contributed by atoms with E-state index < -0.39 is 0 Å². The smallest absolute Gasteiger partial charge is 0.257 e. The first-order valence-electron chi connectivity index (χ1n) is 7.31. The van der Waals surface area contributed by atoms with E-state index in [1.807, 2.05) is 69.2 Å². The monoisotopic (exact) mass is 306 g/mol. The Labute approximate surface area is 132 Å². The van der Waals surface area contributed by atoms with E-state index in [-0.39, 0.29) is 12.5 Å². The molecule has 0 atom stereocenters. The maximum absolute atomic E-state index is 11.4. The molecule has 0 saturated heterocycles. The highest BCUT2D eigenvalue weighted by molar-refractivity contribution is 5.79. The normalized spacial score (nSPS) is 9.86. The molecule has 1 rings (SSSR count). The van der Waals surface area contributed by atoms with E-state index in [2.05, 4.69) is 10.3 Å². The van der Waals surface area contributed by atoms with Crippen molar-refractivity contribution >= 4 is 11.9 Å². The Hall–Kier alpha value is -2.24. The van der Waals surface area contributed by atoms with Gasteiger partial charge in [-0.05, 0) is 24.6 Å². The second-order valence-electron chi connectivity index (χ2n) is 5.29. The standard InChI is InChI=1S/C16H26N4O2/c1-6-17-15(21)12-22-14-9-7-8-13(10-14)11-18-16(19(2)3)20(4)5/h7-10H,6,11-12H2,1-5H3,(H,17,21). The first-order valence-corrected chi connectivity index (χ1v) is 7.31. The minimum absolute atomic E-state index is 0.0290. The summed E-state index contributed by atoms with van der Waals surface area (Å²) < 4.78 is 5.48. The summed E-state index contributed by atoms with van der Waals surface area (Å²) in [6.07, 6.45) is 0.